The normalized spacial score (nSPS) is 11.4. The van der Waals surface area contributed by atoms with Crippen molar-refractivity contribution in [1.29, 1.82) is 0 Å². The average Bonchev–Trinajstić information content (AvgIpc) is 2.86. The molecule has 0 saturated carbocycles. The predicted octanol–water partition coefficient (Wildman–Crippen LogP) is 0.603. The molecule has 0 aliphatic rings. The van der Waals surface area contributed by atoms with E-state index in [1.165, 1.54) is 11.6 Å². The zero-order chi connectivity index (χ0) is 14.0. The van der Waals surface area contributed by atoms with Gasteiger partial charge in [0.05, 0.1) is 24.0 Å². The lowest BCUT2D eigenvalue weighted by atomic mass is 10.3. The van der Waals surface area contributed by atoms with E-state index in [1.54, 1.807) is 6.92 Å². The van der Waals surface area contributed by atoms with Crippen LogP contribution in [0.3, 0.4) is 0 Å². The summed E-state index contributed by atoms with van der Waals surface area (Å²) < 4.78 is 26.3. The average molecular weight is 302 g/mol. The second-order valence-electron chi connectivity index (χ2n) is 3.68. The molecule has 2 aromatic heterocycles. The molecule has 8 nitrogen and oxygen atoms in total. The van der Waals surface area contributed by atoms with Gasteiger partial charge in [-0.25, -0.2) is 13.4 Å². The van der Waals surface area contributed by atoms with Crippen molar-refractivity contribution in [2.45, 2.75) is 18.2 Å². The first-order valence-electron chi connectivity index (χ1n) is 5.07. The standard InChI is InChI=1S/C9H10N4O4S2/c1-5-7(3-10-12-5)19(16,17)13-9-11-6(4-18-9)2-8(14)15/h3-4H,2H2,1H3,(H,10,12)(H,11,13)(H,14,15). The molecule has 0 aromatic carbocycles. The Hall–Kier alpha value is -1.94. The molecule has 0 fully saturated rings. The summed E-state index contributed by atoms with van der Waals surface area (Å²) >= 11 is 1.03. The molecule has 0 aliphatic carbocycles. The van der Waals surface area contributed by atoms with E-state index in [-0.39, 0.29) is 16.4 Å². The first-order chi connectivity index (χ1) is 8.88. The fourth-order valence-corrected chi connectivity index (χ4v) is 3.47. The number of H-pyrrole nitrogens is 1. The maximum Gasteiger partial charge on any atom is 0.309 e. The third kappa shape index (κ3) is 3.09. The summed E-state index contributed by atoms with van der Waals surface area (Å²) in [4.78, 5) is 14.4. The van der Waals surface area contributed by atoms with Gasteiger partial charge in [0.1, 0.15) is 4.90 Å². The van der Waals surface area contributed by atoms with Crippen LogP contribution in [0.5, 0.6) is 0 Å². The molecule has 0 spiro atoms. The van der Waals surface area contributed by atoms with Crippen LogP contribution in [0.25, 0.3) is 0 Å². The molecule has 102 valence electrons. The predicted molar refractivity (Wildman–Crippen MR) is 67.6 cm³/mol. The Bertz CT molecular complexity index is 703. The van der Waals surface area contributed by atoms with Crippen LogP contribution in [0.15, 0.2) is 16.5 Å². The highest BCUT2D eigenvalue weighted by atomic mass is 32.2. The number of hydrogen-bond acceptors (Lipinski definition) is 6. The first-order valence-corrected chi connectivity index (χ1v) is 7.44. The number of carbonyl (C=O) groups is 1. The van der Waals surface area contributed by atoms with E-state index in [2.05, 4.69) is 19.9 Å². The molecular formula is C9H10N4O4S2. The number of nitrogens with zero attached hydrogens (tertiary/aromatic N) is 2. The summed E-state index contributed by atoms with van der Waals surface area (Å²) in [6, 6.07) is 0. The molecule has 0 aliphatic heterocycles. The van der Waals surface area contributed by atoms with Gasteiger partial charge in [-0.2, -0.15) is 5.10 Å². The summed E-state index contributed by atoms with van der Waals surface area (Å²) in [5.41, 5.74) is 0.717. The summed E-state index contributed by atoms with van der Waals surface area (Å²) in [6.45, 7) is 1.58. The number of aliphatic carboxylic acids is 1. The monoisotopic (exact) mass is 302 g/mol. The van der Waals surface area contributed by atoms with Gasteiger partial charge in [-0.1, -0.05) is 0 Å². The van der Waals surface area contributed by atoms with Gasteiger partial charge in [0.25, 0.3) is 10.0 Å². The Morgan fingerprint density at radius 2 is 2.32 bits per heavy atom. The van der Waals surface area contributed by atoms with Gasteiger partial charge < -0.3 is 5.11 Å². The Kier molecular flexibility index (Phi) is 3.53. The van der Waals surface area contributed by atoms with Gasteiger partial charge in [-0.3, -0.25) is 14.6 Å². The molecule has 19 heavy (non-hydrogen) atoms. The van der Waals surface area contributed by atoms with E-state index in [4.69, 9.17) is 5.11 Å². The Labute approximate surface area is 112 Å². The highest BCUT2D eigenvalue weighted by Crippen LogP contribution is 2.21. The van der Waals surface area contributed by atoms with E-state index in [9.17, 15) is 13.2 Å². The van der Waals surface area contributed by atoms with Crippen molar-refractivity contribution >= 4 is 32.5 Å². The molecule has 2 heterocycles. The van der Waals surface area contributed by atoms with Crippen LogP contribution in [0, 0.1) is 6.92 Å². The largest absolute Gasteiger partial charge is 0.481 e. The Morgan fingerprint density at radius 3 is 2.89 bits per heavy atom. The van der Waals surface area contributed by atoms with Crippen molar-refractivity contribution in [2.75, 3.05) is 4.72 Å². The molecule has 10 heteroatoms. The maximum absolute atomic E-state index is 12.0. The lowest BCUT2D eigenvalue weighted by Crippen LogP contribution is -2.13. The molecule has 0 atom stereocenters. The summed E-state index contributed by atoms with van der Waals surface area (Å²) in [5, 5.41) is 16.4. The van der Waals surface area contributed by atoms with Gasteiger partial charge in [-0.05, 0) is 6.92 Å². The number of rotatable bonds is 5. The number of thiazole rings is 1. The third-order valence-electron chi connectivity index (χ3n) is 2.18. The van der Waals surface area contributed by atoms with Crippen LogP contribution in [-0.2, 0) is 21.2 Å². The van der Waals surface area contributed by atoms with Crippen molar-refractivity contribution < 1.29 is 18.3 Å². The molecule has 0 amide bonds. The molecule has 2 rings (SSSR count). The zero-order valence-corrected chi connectivity index (χ0v) is 11.4. The van der Waals surface area contributed by atoms with Crippen LogP contribution >= 0.6 is 11.3 Å². The zero-order valence-electron chi connectivity index (χ0n) is 9.74. The second-order valence-corrected chi connectivity index (χ2v) is 6.19. The number of aryl methyl sites for hydroxylation is 1. The molecule has 2 aromatic rings. The maximum atomic E-state index is 12.0. The van der Waals surface area contributed by atoms with Gasteiger partial charge in [0.15, 0.2) is 5.13 Å². The van der Waals surface area contributed by atoms with Crippen LogP contribution in [0.2, 0.25) is 0 Å². The molecule has 0 saturated heterocycles. The van der Waals surface area contributed by atoms with Gasteiger partial charge in [0, 0.05) is 5.38 Å². The number of aromatic amines is 1. The number of carboxylic acid groups (broad SMARTS) is 1. The molecule has 0 radical (unpaired) electrons. The quantitative estimate of drug-likeness (QED) is 0.742. The van der Waals surface area contributed by atoms with Gasteiger partial charge >= 0.3 is 5.97 Å². The van der Waals surface area contributed by atoms with Gasteiger partial charge in [-0.15, -0.1) is 11.3 Å². The number of hydrogen-bond donors (Lipinski definition) is 3. The lowest BCUT2D eigenvalue weighted by Gasteiger charge is -2.02. The Balaban J connectivity index is 2.19. The minimum absolute atomic E-state index is 0.0301. The number of sulfonamides is 1. The summed E-state index contributed by atoms with van der Waals surface area (Å²) in [6.07, 6.45) is 0.951. The Morgan fingerprint density at radius 1 is 1.58 bits per heavy atom. The fraction of sp³-hybridized carbons (Fsp3) is 0.222. The second kappa shape index (κ2) is 4.97. The smallest absolute Gasteiger partial charge is 0.309 e. The SMILES string of the molecule is Cc1[nH]ncc1S(=O)(=O)Nc1nc(CC(=O)O)cs1. The summed E-state index contributed by atoms with van der Waals surface area (Å²) in [7, 11) is -3.76. The fourth-order valence-electron chi connectivity index (χ4n) is 1.37. The molecule has 0 bridgehead atoms. The first kappa shape index (κ1) is 13.5. The number of anilines is 1. The molecular weight excluding hydrogens is 292 g/mol. The van der Waals surface area contributed by atoms with Crippen molar-refractivity contribution in [3.05, 3.63) is 23.0 Å². The topological polar surface area (TPSA) is 125 Å². The van der Waals surface area contributed by atoms with E-state index >= 15 is 0 Å². The number of carboxylic acids is 1. The van der Waals surface area contributed by atoms with Crippen LogP contribution in [0.4, 0.5) is 5.13 Å². The third-order valence-corrected chi connectivity index (χ3v) is 4.57. The highest BCUT2D eigenvalue weighted by molar-refractivity contribution is 7.93. The molecule has 3 N–H and O–H groups in total. The van der Waals surface area contributed by atoms with E-state index in [0.717, 1.165) is 11.3 Å². The van der Waals surface area contributed by atoms with Crippen LogP contribution in [0.1, 0.15) is 11.4 Å². The van der Waals surface area contributed by atoms with Crippen LogP contribution < -0.4 is 4.72 Å². The van der Waals surface area contributed by atoms with Crippen molar-refractivity contribution in [2.24, 2.45) is 0 Å². The van der Waals surface area contributed by atoms with Crippen molar-refractivity contribution in [3.8, 4) is 0 Å². The van der Waals surface area contributed by atoms with Crippen molar-refractivity contribution in [1.82, 2.24) is 15.2 Å². The highest BCUT2D eigenvalue weighted by Gasteiger charge is 2.20. The van der Waals surface area contributed by atoms with E-state index in [1.807, 2.05) is 0 Å². The summed E-state index contributed by atoms with van der Waals surface area (Å²) in [5.74, 6) is -1.02. The van der Waals surface area contributed by atoms with E-state index < -0.39 is 16.0 Å². The minimum Gasteiger partial charge on any atom is -0.481 e. The van der Waals surface area contributed by atoms with E-state index in [0.29, 0.717) is 11.4 Å². The minimum atomic E-state index is -3.76. The van der Waals surface area contributed by atoms with Crippen molar-refractivity contribution in [3.63, 3.8) is 0 Å². The number of aromatic nitrogens is 3. The van der Waals surface area contributed by atoms with Crippen LogP contribution in [-0.4, -0.2) is 34.7 Å². The number of nitrogens with one attached hydrogen (secondary N) is 2. The molecule has 0 unspecified atom stereocenters. The van der Waals surface area contributed by atoms with Gasteiger partial charge in [0.2, 0.25) is 0 Å². The lowest BCUT2D eigenvalue weighted by molar-refractivity contribution is -0.136.